The first-order chi connectivity index (χ1) is 8.58. The molecule has 0 unspecified atom stereocenters. The summed E-state index contributed by atoms with van der Waals surface area (Å²) in [6.45, 7) is 1.73. The van der Waals surface area contributed by atoms with Crippen LogP contribution in [0.25, 0.3) is 0 Å². The number of aromatic nitrogens is 1. The molecule has 0 aliphatic heterocycles. The van der Waals surface area contributed by atoms with E-state index in [0.717, 1.165) is 4.47 Å². The predicted molar refractivity (Wildman–Crippen MR) is 73.9 cm³/mol. The number of H-pyrrole nitrogens is 1. The average Bonchev–Trinajstić information content (AvgIpc) is 2.28. The third-order valence-electron chi connectivity index (χ3n) is 2.48. The van der Waals surface area contributed by atoms with Crippen LogP contribution in [-0.2, 0) is 0 Å². The van der Waals surface area contributed by atoms with Gasteiger partial charge in [0.15, 0.2) is 0 Å². The molecule has 1 heterocycles. The standard InChI is InChI=1S/C13H11BrN2O2/c1-8-5-6-15-12(17)11(8)13(18)16-10-4-2-3-9(14)7-10/h2-7H,1H3,(H,15,17)(H,16,18). The summed E-state index contributed by atoms with van der Waals surface area (Å²) in [5, 5.41) is 2.69. The number of halogens is 1. The molecule has 1 aromatic carbocycles. The normalized spacial score (nSPS) is 10.1. The summed E-state index contributed by atoms with van der Waals surface area (Å²) < 4.78 is 0.860. The zero-order valence-electron chi connectivity index (χ0n) is 9.66. The second-order valence-corrected chi connectivity index (χ2v) is 4.74. The van der Waals surface area contributed by atoms with Crippen LogP contribution < -0.4 is 10.9 Å². The van der Waals surface area contributed by atoms with E-state index in [1.165, 1.54) is 6.20 Å². The summed E-state index contributed by atoms with van der Waals surface area (Å²) in [5.74, 6) is -0.410. The highest BCUT2D eigenvalue weighted by Gasteiger charge is 2.13. The maximum absolute atomic E-state index is 12.0. The van der Waals surface area contributed by atoms with Gasteiger partial charge < -0.3 is 10.3 Å². The fourth-order valence-corrected chi connectivity index (χ4v) is 2.02. The van der Waals surface area contributed by atoms with E-state index in [1.807, 2.05) is 12.1 Å². The first kappa shape index (κ1) is 12.6. The van der Waals surface area contributed by atoms with E-state index >= 15 is 0 Å². The maximum Gasteiger partial charge on any atom is 0.261 e. The van der Waals surface area contributed by atoms with Gasteiger partial charge in [0.25, 0.3) is 11.5 Å². The molecule has 0 aliphatic carbocycles. The Hall–Kier alpha value is -1.88. The van der Waals surface area contributed by atoms with Gasteiger partial charge in [-0.3, -0.25) is 9.59 Å². The van der Waals surface area contributed by atoms with Crippen LogP contribution in [0.5, 0.6) is 0 Å². The Balaban J connectivity index is 2.31. The Morgan fingerprint density at radius 1 is 1.33 bits per heavy atom. The Kier molecular flexibility index (Phi) is 3.62. The molecule has 0 fully saturated rings. The quantitative estimate of drug-likeness (QED) is 0.896. The van der Waals surface area contributed by atoms with Crippen LogP contribution in [0.15, 0.2) is 45.8 Å². The number of carbonyl (C=O) groups excluding carboxylic acids is 1. The van der Waals surface area contributed by atoms with E-state index in [2.05, 4.69) is 26.2 Å². The molecule has 92 valence electrons. The van der Waals surface area contributed by atoms with Crippen LogP contribution in [0.2, 0.25) is 0 Å². The van der Waals surface area contributed by atoms with Gasteiger partial charge in [0.1, 0.15) is 5.56 Å². The molecule has 2 rings (SSSR count). The molecule has 1 aromatic heterocycles. The van der Waals surface area contributed by atoms with E-state index in [0.29, 0.717) is 11.3 Å². The van der Waals surface area contributed by atoms with Crippen molar-refractivity contribution in [1.82, 2.24) is 4.98 Å². The number of benzene rings is 1. The number of rotatable bonds is 2. The van der Waals surface area contributed by atoms with Gasteiger partial charge in [-0.2, -0.15) is 0 Å². The molecule has 18 heavy (non-hydrogen) atoms. The lowest BCUT2D eigenvalue weighted by Crippen LogP contribution is -2.24. The minimum absolute atomic E-state index is 0.137. The van der Waals surface area contributed by atoms with Crippen LogP contribution >= 0.6 is 15.9 Å². The van der Waals surface area contributed by atoms with Crippen LogP contribution in [0.4, 0.5) is 5.69 Å². The Morgan fingerprint density at radius 3 is 2.78 bits per heavy atom. The fraction of sp³-hybridized carbons (Fsp3) is 0.0769. The number of aromatic amines is 1. The first-order valence-electron chi connectivity index (χ1n) is 5.33. The topological polar surface area (TPSA) is 62.0 Å². The van der Waals surface area contributed by atoms with Crippen molar-refractivity contribution >= 4 is 27.5 Å². The zero-order chi connectivity index (χ0) is 13.1. The van der Waals surface area contributed by atoms with Gasteiger partial charge in [0.05, 0.1) is 0 Å². The molecule has 5 heteroatoms. The van der Waals surface area contributed by atoms with E-state index < -0.39 is 5.91 Å². The lowest BCUT2D eigenvalue weighted by Gasteiger charge is -2.06. The smallest absolute Gasteiger partial charge is 0.261 e. The number of hydrogen-bond acceptors (Lipinski definition) is 2. The number of nitrogens with one attached hydrogen (secondary N) is 2. The Labute approximate surface area is 112 Å². The van der Waals surface area contributed by atoms with Crippen molar-refractivity contribution in [2.45, 2.75) is 6.92 Å². The van der Waals surface area contributed by atoms with E-state index in [-0.39, 0.29) is 11.1 Å². The third-order valence-corrected chi connectivity index (χ3v) is 2.97. The largest absolute Gasteiger partial charge is 0.328 e. The van der Waals surface area contributed by atoms with Crippen molar-refractivity contribution in [3.05, 3.63) is 62.5 Å². The van der Waals surface area contributed by atoms with Crippen molar-refractivity contribution in [3.63, 3.8) is 0 Å². The van der Waals surface area contributed by atoms with E-state index in [9.17, 15) is 9.59 Å². The Bertz CT molecular complexity index is 649. The summed E-state index contributed by atoms with van der Waals surface area (Å²) in [4.78, 5) is 26.1. The minimum Gasteiger partial charge on any atom is -0.328 e. The Morgan fingerprint density at radius 2 is 2.11 bits per heavy atom. The van der Waals surface area contributed by atoms with Crippen LogP contribution in [0.1, 0.15) is 15.9 Å². The van der Waals surface area contributed by atoms with Crippen molar-refractivity contribution in [1.29, 1.82) is 0 Å². The number of anilines is 1. The number of pyridine rings is 1. The molecule has 0 spiro atoms. The molecule has 0 bridgehead atoms. The van der Waals surface area contributed by atoms with Gasteiger partial charge in [0, 0.05) is 16.4 Å². The monoisotopic (exact) mass is 306 g/mol. The third kappa shape index (κ3) is 2.68. The second kappa shape index (κ2) is 5.18. The molecule has 1 amide bonds. The average molecular weight is 307 g/mol. The van der Waals surface area contributed by atoms with Crippen molar-refractivity contribution in [3.8, 4) is 0 Å². The predicted octanol–water partition coefficient (Wildman–Crippen LogP) is 2.70. The van der Waals surface area contributed by atoms with E-state index in [4.69, 9.17) is 0 Å². The van der Waals surface area contributed by atoms with Crippen LogP contribution in [0, 0.1) is 6.92 Å². The summed E-state index contributed by atoms with van der Waals surface area (Å²) >= 11 is 3.32. The number of amides is 1. The van der Waals surface area contributed by atoms with Crippen LogP contribution in [-0.4, -0.2) is 10.9 Å². The summed E-state index contributed by atoms with van der Waals surface area (Å²) in [5.41, 5.74) is 1.03. The van der Waals surface area contributed by atoms with Crippen molar-refractivity contribution in [2.24, 2.45) is 0 Å². The van der Waals surface area contributed by atoms with E-state index in [1.54, 1.807) is 25.1 Å². The van der Waals surface area contributed by atoms with Gasteiger partial charge in [-0.05, 0) is 36.8 Å². The van der Waals surface area contributed by atoms with Gasteiger partial charge in [-0.25, -0.2) is 0 Å². The summed E-state index contributed by atoms with van der Waals surface area (Å²) in [7, 11) is 0. The molecule has 0 atom stereocenters. The lowest BCUT2D eigenvalue weighted by molar-refractivity contribution is 0.102. The van der Waals surface area contributed by atoms with Gasteiger partial charge in [0.2, 0.25) is 0 Å². The molecule has 2 N–H and O–H groups in total. The highest BCUT2D eigenvalue weighted by molar-refractivity contribution is 9.10. The molecule has 0 saturated heterocycles. The SMILES string of the molecule is Cc1cc[nH]c(=O)c1C(=O)Nc1cccc(Br)c1. The van der Waals surface area contributed by atoms with Crippen LogP contribution in [0.3, 0.4) is 0 Å². The molecule has 0 aliphatic rings. The highest BCUT2D eigenvalue weighted by atomic mass is 79.9. The highest BCUT2D eigenvalue weighted by Crippen LogP contribution is 2.16. The van der Waals surface area contributed by atoms with Crippen molar-refractivity contribution < 1.29 is 4.79 Å². The first-order valence-corrected chi connectivity index (χ1v) is 6.12. The number of aryl methyl sites for hydroxylation is 1. The number of hydrogen-bond donors (Lipinski definition) is 2. The van der Waals surface area contributed by atoms with Gasteiger partial charge in [-0.1, -0.05) is 22.0 Å². The minimum atomic E-state index is -0.410. The zero-order valence-corrected chi connectivity index (χ0v) is 11.2. The molecule has 0 saturated carbocycles. The van der Waals surface area contributed by atoms with Gasteiger partial charge in [-0.15, -0.1) is 0 Å². The summed E-state index contributed by atoms with van der Waals surface area (Å²) in [6, 6.07) is 8.88. The molecule has 4 nitrogen and oxygen atoms in total. The molecule has 0 radical (unpaired) electrons. The fourth-order valence-electron chi connectivity index (χ4n) is 1.62. The second-order valence-electron chi connectivity index (χ2n) is 3.83. The van der Waals surface area contributed by atoms with Crippen molar-refractivity contribution in [2.75, 3.05) is 5.32 Å². The molecule has 2 aromatic rings. The van der Waals surface area contributed by atoms with Gasteiger partial charge >= 0.3 is 0 Å². The molecular weight excluding hydrogens is 296 g/mol. The maximum atomic E-state index is 12.0. The summed E-state index contributed by atoms with van der Waals surface area (Å²) in [6.07, 6.45) is 1.52. The lowest BCUT2D eigenvalue weighted by atomic mass is 10.1. The number of carbonyl (C=O) groups is 1. The molecular formula is C13H11BrN2O2.